The van der Waals surface area contributed by atoms with Crippen molar-refractivity contribution >= 4 is 5.95 Å². The van der Waals surface area contributed by atoms with Gasteiger partial charge in [-0.05, 0) is 37.4 Å². The first kappa shape index (κ1) is 12.2. The third-order valence-corrected chi connectivity index (χ3v) is 3.79. The molecule has 1 aliphatic rings. The zero-order valence-corrected chi connectivity index (χ0v) is 11.1. The molecule has 100 valence electrons. The Labute approximate surface area is 113 Å². The second kappa shape index (κ2) is 5.45. The quantitative estimate of drug-likeness (QED) is 0.914. The summed E-state index contributed by atoms with van der Waals surface area (Å²) in [5.41, 5.74) is 6.97. The molecule has 4 nitrogen and oxygen atoms in total. The third kappa shape index (κ3) is 2.49. The molecule has 2 N–H and O–H groups in total. The molecule has 1 unspecified atom stereocenters. The molecule has 3 rings (SSSR count). The first-order valence-corrected chi connectivity index (χ1v) is 6.92. The number of benzene rings is 1. The summed E-state index contributed by atoms with van der Waals surface area (Å²) in [6, 6.07) is 10.4. The Bertz CT molecular complexity index is 520. The van der Waals surface area contributed by atoms with Crippen LogP contribution in [-0.2, 0) is 0 Å². The summed E-state index contributed by atoms with van der Waals surface area (Å²) in [5.74, 6) is 1.62. The zero-order valence-electron chi connectivity index (χ0n) is 11.1. The van der Waals surface area contributed by atoms with Crippen molar-refractivity contribution in [1.82, 2.24) is 9.55 Å². The van der Waals surface area contributed by atoms with E-state index in [1.807, 2.05) is 18.5 Å². The van der Waals surface area contributed by atoms with Gasteiger partial charge in [-0.3, -0.25) is 4.57 Å². The van der Waals surface area contributed by atoms with Gasteiger partial charge in [-0.1, -0.05) is 18.2 Å². The van der Waals surface area contributed by atoms with Gasteiger partial charge in [0, 0.05) is 31.2 Å². The van der Waals surface area contributed by atoms with Crippen molar-refractivity contribution in [2.24, 2.45) is 11.7 Å². The number of hydrogen-bond acceptors (Lipinski definition) is 3. The second-order valence-electron chi connectivity index (χ2n) is 5.12. The average Bonchev–Trinajstić information content (AvgIpc) is 2.98. The van der Waals surface area contributed by atoms with Crippen molar-refractivity contribution < 1.29 is 0 Å². The van der Waals surface area contributed by atoms with Crippen LogP contribution in [0.3, 0.4) is 0 Å². The summed E-state index contributed by atoms with van der Waals surface area (Å²) in [7, 11) is 0. The Hall–Kier alpha value is -1.81. The maximum absolute atomic E-state index is 5.81. The molecule has 0 saturated carbocycles. The Balaban J connectivity index is 1.88. The first-order chi connectivity index (χ1) is 9.38. The van der Waals surface area contributed by atoms with Gasteiger partial charge in [-0.2, -0.15) is 0 Å². The molecule has 1 aromatic heterocycles. The van der Waals surface area contributed by atoms with Crippen molar-refractivity contribution in [2.75, 3.05) is 24.5 Å². The van der Waals surface area contributed by atoms with Gasteiger partial charge in [0.1, 0.15) is 0 Å². The Morgan fingerprint density at radius 3 is 2.89 bits per heavy atom. The molecule has 2 aromatic rings. The highest BCUT2D eigenvalue weighted by Gasteiger charge is 2.22. The van der Waals surface area contributed by atoms with Crippen molar-refractivity contribution in [1.29, 1.82) is 0 Å². The summed E-state index contributed by atoms with van der Waals surface area (Å²) in [6.45, 7) is 2.85. The molecule has 1 aromatic carbocycles. The lowest BCUT2D eigenvalue weighted by Crippen LogP contribution is -2.39. The minimum absolute atomic E-state index is 0.592. The molecule has 0 spiro atoms. The standard InChI is InChI=1S/C15H20N4/c16-11-13-5-4-9-18(12-13)15-17-8-10-19(15)14-6-2-1-3-7-14/h1-3,6-8,10,13H,4-5,9,11-12,16H2. The number of aromatic nitrogens is 2. The van der Waals surface area contributed by atoms with Gasteiger partial charge in [0.15, 0.2) is 0 Å². The number of nitrogens with zero attached hydrogens (tertiary/aromatic N) is 3. The van der Waals surface area contributed by atoms with E-state index in [-0.39, 0.29) is 0 Å². The number of imidazole rings is 1. The molecule has 1 fully saturated rings. The smallest absolute Gasteiger partial charge is 0.210 e. The lowest BCUT2D eigenvalue weighted by molar-refractivity contribution is 0.418. The van der Waals surface area contributed by atoms with Crippen molar-refractivity contribution in [3.05, 3.63) is 42.7 Å². The molecule has 1 aliphatic heterocycles. The largest absolute Gasteiger partial charge is 0.342 e. The summed E-state index contributed by atoms with van der Waals surface area (Å²) >= 11 is 0. The fraction of sp³-hybridized carbons (Fsp3) is 0.400. The molecule has 0 aliphatic carbocycles. The molecule has 0 bridgehead atoms. The van der Waals surface area contributed by atoms with E-state index < -0.39 is 0 Å². The van der Waals surface area contributed by atoms with E-state index in [9.17, 15) is 0 Å². The average molecular weight is 256 g/mol. The second-order valence-corrected chi connectivity index (χ2v) is 5.12. The highest BCUT2D eigenvalue weighted by Crippen LogP contribution is 2.23. The normalized spacial score (nSPS) is 19.6. The summed E-state index contributed by atoms with van der Waals surface area (Å²) in [6.07, 6.45) is 6.33. The highest BCUT2D eigenvalue weighted by atomic mass is 15.3. The summed E-state index contributed by atoms with van der Waals surface area (Å²) in [4.78, 5) is 6.89. The molecule has 0 radical (unpaired) electrons. The van der Waals surface area contributed by atoms with Gasteiger partial charge in [0.2, 0.25) is 5.95 Å². The van der Waals surface area contributed by atoms with Crippen LogP contribution in [0.25, 0.3) is 5.69 Å². The van der Waals surface area contributed by atoms with E-state index in [2.05, 4.69) is 38.7 Å². The SMILES string of the molecule is NCC1CCCN(c2nccn2-c2ccccc2)C1. The van der Waals surface area contributed by atoms with Crippen LogP contribution in [0.4, 0.5) is 5.95 Å². The number of rotatable bonds is 3. The van der Waals surface area contributed by atoms with Gasteiger partial charge in [-0.25, -0.2) is 4.98 Å². The van der Waals surface area contributed by atoms with Crippen LogP contribution in [0, 0.1) is 5.92 Å². The molecule has 19 heavy (non-hydrogen) atoms. The highest BCUT2D eigenvalue weighted by molar-refractivity contribution is 5.43. The Kier molecular flexibility index (Phi) is 3.51. The van der Waals surface area contributed by atoms with Crippen LogP contribution >= 0.6 is 0 Å². The molecule has 1 atom stereocenters. The van der Waals surface area contributed by atoms with Gasteiger partial charge >= 0.3 is 0 Å². The number of anilines is 1. The molecule has 1 saturated heterocycles. The minimum atomic E-state index is 0.592. The Morgan fingerprint density at radius 2 is 2.11 bits per heavy atom. The fourth-order valence-electron chi connectivity index (χ4n) is 2.76. The van der Waals surface area contributed by atoms with E-state index in [1.54, 1.807) is 0 Å². The van der Waals surface area contributed by atoms with Crippen LogP contribution in [-0.4, -0.2) is 29.2 Å². The minimum Gasteiger partial charge on any atom is -0.342 e. The number of para-hydroxylation sites is 1. The van der Waals surface area contributed by atoms with E-state index in [1.165, 1.54) is 12.8 Å². The summed E-state index contributed by atoms with van der Waals surface area (Å²) < 4.78 is 2.15. The topological polar surface area (TPSA) is 47.1 Å². The monoisotopic (exact) mass is 256 g/mol. The Morgan fingerprint density at radius 1 is 1.26 bits per heavy atom. The van der Waals surface area contributed by atoms with E-state index >= 15 is 0 Å². The zero-order chi connectivity index (χ0) is 13.1. The van der Waals surface area contributed by atoms with Crippen LogP contribution < -0.4 is 10.6 Å². The summed E-state index contributed by atoms with van der Waals surface area (Å²) in [5, 5.41) is 0. The van der Waals surface area contributed by atoms with Gasteiger partial charge in [0.25, 0.3) is 0 Å². The van der Waals surface area contributed by atoms with Crippen molar-refractivity contribution in [2.45, 2.75) is 12.8 Å². The maximum atomic E-state index is 5.81. The molecule has 2 heterocycles. The van der Waals surface area contributed by atoms with Crippen LogP contribution in [0.2, 0.25) is 0 Å². The van der Waals surface area contributed by atoms with Gasteiger partial charge in [-0.15, -0.1) is 0 Å². The number of hydrogen-bond donors (Lipinski definition) is 1. The predicted molar refractivity (Wildman–Crippen MR) is 77.6 cm³/mol. The lowest BCUT2D eigenvalue weighted by atomic mass is 9.99. The number of piperidine rings is 1. The fourth-order valence-corrected chi connectivity index (χ4v) is 2.76. The predicted octanol–water partition coefficient (Wildman–Crippen LogP) is 2.05. The number of nitrogens with two attached hydrogens (primary N) is 1. The maximum Gasteiger partial charge on any atom is 0.210 e. The van der Waals surface area contributed by atoms with Gasteiger partial charge in [0.05, 0.1) is 0 Å². The van der Waals surface area contributed by atoms with Gasteiger partial charge < -0.3 is 10.6 Å². The van der Waals surface area contributed by atoms with Crippen LogP contribution in [0.5, 0.6) is 0 Å². The lowest BCUT2D eigenvalue weighted by Gasteiger charge is -2.33. The van der Waals surface area contributed by atoms with E-state index in [0.29, 0.717) is 5.92 Å². The molecular weight excluding hydrogens is 236 g/mol. The van der Waals surface area contributed by atoms with Crippen molar-refractivity contribution in [3.8, 4) is 5.69 Å². The van der Waals surface area contributed by atoms with Crippen LogP contribution in [0.15, 0.2) is 42.7 Å². The molecule has 4 heteroatoms. The first-order valence-electron chi connectivity index (χ1n) is 6.92. The van der Waals surface area contributed by atoms with Crippen LogP contribution in [0.1, 0.15) is 12.8 Å². The van der Waals surface area contributed by atoms with Crippen molar-refractivity contribution in [3.63, 3.8) is 0 Å². The third-order valence-electron chi connectivity index (χ3n) is 3.79. The molecular formula is C15H20N4. The molecule has 0 amide bonds. The van der Waals surface area contributed by atoms with E-state index in [0.717, 1.165) is 31.3 Å². The van der Waals surface area contributed by atoms with E-state index in [4.69, 9.17) is 5.73 Å².